The maximum Gasteiger partial charge on any atom is 0.315 e. The highest BCUT2D eigenvalue weighted by Crippen LogP contribution is 2.49. The van der Waals surface area contributed by atoms with Crippen molar-refractivity contribution in [2.75, 3.05) is 50.0 Å². The average molecular weight is 944 g/mol. The number of allylic oxidation sites excluding steroid dienone is 4. The third-order valence-corrected chi connectivity index (χ3v) is 15.9. The Morgan fingerprint density at radius 2 is 1.52 bits per heavy atom. The van der Waals surface area contributed by atoms with Gasteiger partial charge >= 0.3 is 6.03 Å². The molecule has 2 saturated heterocycles. The van der Waals surface area contributed by atoms with E-state index >= 15 is 0 Å². The van der Waals surface area contributed by atoms with Crippen molar-refractivity contribution in [1.29, 1.82) is 0 Å². The first-order chi connectivity index (χ1) is 30.2. The largest absolute Gasteiger partial charge is 0.378 e. The third-order valence-electron chi connectivity index (χ3n) is 12.7. The molecular formula is C45H63N6O10S3+. The van der Waals surface area contributed by atoms with Gasteiger partial charge in [-0.1, -0.05) is 38.8 Å². The molecule has 3 atom stereocenters. The minimum atomic E-state index is -4.46. The van der Waals surface area contributed by atoms with Crippen LogP contribution in [0.15, 0.2) is 70.1 Å². The molecule has 0 unspecified atom stereocenters. The molecule has 6 rings (SSSR count). The summed E-state index contributed by atoms with van der Waals surface area (Å²) in [6.45, 7) is 12.7. The van der Waals surface area contributed by atoms with Crippen molar-refractivity contribution in [3.63, 3.8) is 0 Å². The number of anilines is 1. The first kappa shape index (κ1) is 49.2. The van der Waals surface area contributed by atoms with Crippen molar-refractivity contribution in [2.24, 2.45) is 0 Å². The van der Waals surface area contributed by atoms with Gasteiger partial charge in [0, 0.05) is 78.0 Å². The van der Waals surface area contributed by atoms with Crippen molar-refractivity contribution in [3.8, 4) is 0 Å². The van der Waals surface area contributed by atoms with Crippen LogP contribution in [0.3, 0.4) is 0 Å². The Bertz CT molecular complexity index is 2410. The fraction of sp³-hybridized carbons (Fsp3) is 0.556. The number of rotatable bonds is 22. The van der Waals surface area contributed by atoms with E-state index in [0.29, 0.717) is 76.0 Å². The lowest BCUT2D eigenvalue weighted by atomic mass is 9.81. The Morgan fingerprint density at radius 1 is 0.875 bits per heavy atom. The van der Waals surface area contributed by atoms with Crippen LogP contribution in [0.25, 0.3) is 0 Å². The number of urea groups is 1. The maximum atomic E-state index is 12.6. The van der Waals surface area contributed by atoms with Crippen molar-refractivity contribution in [1.82, 2.24) is 21.3 Å². The van der Waals surface area contributed by atoms with Crippen LogP contribution in [0.5, 0.6) is 0 Å². The van der Waals surface area contributed by atoms with E-state index in [1.54, 1.807) is 12.1 Å². The molecule has 64 heavy (non-hydrogen) atoms. The van der Waals surface area contributed by atoms with Gasteiger partial charge in [-0.3, -0.25) is 18.7 Å². The summed E-state index contributed by atoms with van der Waals surface area (Å²) < 4.78 is 75.7. The summed E-state index contributed by atoms with van der Waals surface area (Å²) in [5.41, 5.74) is 3.95. The Balaban J connectivity index is 0.951. The third kappa shape index (κ3) is 11.4. The van der Waals surface area contributed by atoms with Crippen LogP contribution in [0.2, 0.25) is 0 Å². The van der Waals surface area contributed by atoms with Crippen LogP contribution >= 0.6 is 11.8 Å². The maximum absolute atomic E-state index is 12.6. The monoisotopic (exact) mass is 943 g/mol. The lowest BCUT2D eigenvalue weighted by molar-refractivity contribution is -0.433. The normalized spacial score (nSPS) is 21.5. The van der Waals surface area contributed by atoms with E-state index in [2.05, 4.69) is 44.6 Å². The topological polar surface area (TPSA) is 224 Å². The van der Waals surface area contributed by atoms with Gasteiger partial charge in [0.15, 0.2) is 5.71 Å². The summed E-state index contributed by atoms with van der Waals surface area (Å²) in [4.78, 5) is 38.1. The van der Waals surface area contributed by atoms with E-state index in [-0.39, 0.29) is 39.7 Å². The predicted molar refractivity (Wildman–Crippen MR) is 248 cm³/mol. The Labute approximate surface area is 381 Å². The van der Waals surface area contributed by atoms with Gasteiger partial charge in [0.2, 0.25) is 17.5 Å². The molecule has 6 N–H and O–H groups in total. The molecule has 4 aliphatic rings. The summed E-state index contributed by atoms with van der Waals surface area (Å²) >= 11 is 1.87. The highest BCUT2D eigenvalue weighted by atomic mass is 32.2. The van der Waals surface area contributed by atoms with Gasteiger partial charge in [-0.05, 0) is 82.4 Å². The number of thioether (sulfide) groups is 1. The van der Waals surface area contributed by atoms with E-state index in [9.17, 15) is 40.3 Å². The molecule has 16 nitrogen and oxygen atoms in total. The molecule has 0 aromatic heterocycles. The number of carbonyl (C=O) groups is 3. The van der Waals surface area contributed by atoms with Crippen LogP contribution in [0, 0.1) is 0 Å². The standard InChI is InChI=1S/C45H62N6O10S3/c1-6-50-35-21-19-30(63(55,56)57)27-33(35)45(4,5)38(50)14-12-15-39-44(2,3)32-20-18-31(64(58,59)60)28-36(32)51(39)24-11-7-8-16-40(52)46-22-25-61-26-23-47-41(53)17-10-9-13-37-42-34(29-62-37)48-43(54)49-42/h12,14-15,18-21,27-28,34,37,42H,6-11,13,16-17,22-26,29H2,1-5H3,(H5-,46,47,48,49,52,53,54,55,56,57,58,59,60)/p+1/t34-,37-,42-/m0/s1. The smallest absolute Gasteiger partial charge is 0.315 e. The Kier molecular flexibility index (Phi) is 15.7. The lowest BCUT2D eigenvalue weighted by Gasteiger charge is -2.27. The van der Waals surface area contributed by atoms with Crippen LogP contribution < -0.4 is 26.2 Å². The molecule has 350 valence electrons. The number of amides is 4. The van der Waals surface area contributed by atoms with Gasteiger partial charge in [0.05, 0.1) is 40.5 Å². The first-order valence-corrected chi connectivity index (χ1v) is 26.0. The number of carbonyl (C=O) groups excluding carboxylic acids is 3. The summed E-state index contributed by atoms with van der Waals surface area (Å²) in [7, 11) is -8.85. The number of nitrogens with one attached hydrogen (secondary N) is 4. The van der Waals surface area contributed by atoms with E-state index in [1.807, 2.05) is 50.8 Å². The molecule has 4 amide bonds. The van der Waals surface area contributed by atoms with Gasteiger partial charge in [-0.25, -0.2) is 4.79 Å². The number of hydrogen-bond donors (Lipinski definition) is 6. The second kappa shape index (κ2) is 20.5. The van der Waals surface area contributed by atoms with Gasteiger partial charge < -0.3 is 30.9 Å². The molecule has 19 heteroatoms. The molecule has 0 spiro atoms. The van der Waals surface area contributed by atoms with Gasteiger partial charge in [-0.2, -0.15) is 33.2 Å². The number of nitrogens with zero attached hydrogens (tertiary/aromatic N) is 2. The summed E-state index contributed by atoms with van der Waals surface area (Å²) in [5.74, 6) is 0.818. The summed E-state index contributed by atoms with van der Waals surface area (Å²) in [5, 5.41) is 12.1. The van der Waals surface area contributed by atoms with Gasteiger partial charge in [0.25, 0.3) is 20.2 Å². The Hall–Kier alpha value is -4.27. The van der Waals surface area contributed by atoms with E-state index in [0.717, 1.165) is 59.7 Å². The minimum Gasteiger partial charge on any atom is -0.378 e. The van der Waals surface area contributed by atoms with Crippen LogP contribution in [0.1, 0.15) is 97.1 Å². The lowest BCUT2D eigenvalue weighted by Crippen LogP contribution is -2.36. The van der Waals surface area contributed by atoms with Crippen molar-refractivity contribution in [2.45, 2.75) is 124 Å². The molecule has 2 aromatic carbocycles. The minimum absolute atomic E-state index is 0.0186. The number of ether oxygens (including phenoxy) is 1. The average Bonchev–Trinajstić information content (AvgIpc) is 3.91. The zero-order chi connectivity index (χ0) is 46.5. The fourth-order valence-electron chi connectivity index (χ4n) is 9.26. The highest BCUT2D eigenvalue weighted by molar-refractivity contribution is 8.00. The zero-order valence-corrected chi connectivity index (χ0v) is 39.8. The molecule has 0 bridgehead atoms. The highest BCUT2D eigenvalue weighted by Gasteiger charge is 2.45. The van der Waals surface area contributed by atoms with Crippen LogP contribution in [0.4, 0.5) is 16.2 Å². The molecule has 2 fully saturated rings. The molecule has 2 aromatic rings. The SMILES string of the molecule is CC[N+]1=C(/C=C/C=C2\N(CCCCCC(=O)NCCOCCNC(=O)CCCC[C@@H]3SC[C@@H]4NC(=O)N[C@@H]43)c3cc(S(=O)(=O)O)ccc3C2(C)C)C(C)(C)c2cc(S(=O)(=O)O)ccc21. The molecule has 0 aliphatic carbocycles. The number of fused-ring (bicyclic) bond motifs is 3. The fourth-order valence-corrected chi connectivity index (χ4v) is 11.8. The number of benzene rings is 2. The molecule has 0 saturated carbocycles. The molecule has 4 aliphatic heterocycles. The second-order valence-corrected chi connectivity index (χ2v) is 21.9. The van der Waals surface area contributed by atoms with Crippen LogP contribution in [-0.2, 0) is 45.4 Å². The molecule has 4 heterocycles. The van der Waals surface area contributed by atoms with Crippen LogP contribution in [-0.4, -0.2) is 117 Å². The number of hydrogen-bond acceptors (Lipinski definition) is 10. The van der Waals surface area contributed by atoms with Crippen molar-refractivity contribution < 1.29 is 49.6 Å². The molecule has 0 radical (unpaired) electrons. The van der Waals surface area contributed by atoms with Crippen molar-refractivity contribution >= 4 is 66.9 Å². The van der Waals surface area contributed by atoms with Gasteiger partial charge in [-0.15, -0.1) is 0 Å². The van der Waals surface area contributed by atoms with Crippen molar-refractivity contribution in [3.05, 3.63) is 71.5 Å². The molecular weight excluding hydrogens is 881 g/mol. The first-order valence-electron chi connectivity index (χ1n) is 22.1. The Morgan fingerprint density at radius 3 is 2.17 bits per heavy atom. The quantitative estimate of drug-likeness (QED) is 0.0381. The predicted octanol–water partition coefficient (Wildman–Crippen LogP) is 5.35. The second-order valence-electron chi connectivity index (χ2n) is 17.7. The van der Waals surface area contributed by atoms with E-state index in [4.69, 9.17) is 4.74 Å². The summed E-state index contributed by atoms with van der Waals surface area (Å²) in [6, 6.07) is 9.59. The van der Waals surface area contributed by atoms with Gasteiger partial charge in [0.1, 0.15) is 6.54 Å². The number of unbranched alkanes of at least 4 members (excludes halogenated alkanes) is 3. The van der Waals surface area contributed by atoms with E-state index < -0.39 is 31.1 Å². The van der Waals surface area contributed by atoms with E-state index in [1.165, 1.54) is 24.3 Å². The zero-order valence-electron chi connectivity index (χ0n) is 37.3. The summed E-state index contributed by atoms with van der Waals surface area (Å²) in [6.07, 6.45) is 11.5.